The molecule has 0 aliphatic carbocycles. The highest BCUT2D eigenvalue weighted by atomic mass is 16.5. The van der Waals surface area contributed by atoms with E-state index >= 15 is 0 Å². The molecule has 21 heavy (non-hydrogen) atoms. The molecule has 1 aromatic heterocycles. The monoisotopic (exact) mass is 287 g/mol. The number of hydrogen-bond acceptors (Lipinski definition) is 6. The molecule has 0 aliphatic rings. The average molecular weight is 287 g/mol. The molecule has 110 valence electrons. The Kier molecular flexibility index (Phi) is 4.27. The number of para-hydroxylation sites is 2. The Hall–Kier alpha value is -2.76. The Bertz CT molecular complexity index is 658. The summed E-state index contributed by atoms with van der Waals surface area (Å²) in [5, 5.41) is 0. The van der Waals surface area contributed by atoms with Crippen LogP contribution >= 0.6 is 0 Å². The van der Waals surface area contributed by atoms with Crippen molar-refractivity contribution in [3.05, 3.63) is 42.1 Å². The Morgan fingerprint density at radius 2 is 2.00 bits per heavy atom. The van der Waals surface area contributed by atoms with Crippen molar-refractivity contribution in [1.82, 2.24) is 4.98 Å². The molecule has 2 N–H and O–H groups in total. The summed E-state index contributed by atoms with van der Waals surface area (Å²) in [7, 11) is 4.74. The maximum atomic E-state index is 11.7. The second-order valence-corrected chi connectivity index (χ2v) is 4.35. The van der Waals surface area contributed by atoms with E-state index in [-0.39, 0.29) is 11.3 Å². The molecule has 2 aromatic rings. The fourth-order valence-electron chi connectivity index (χ4n) is 1.96. The lowest BCUT2D eigenvalue weighted by Gasteiger charge is -2.21. The van der Waals surface area contributed by atoms with E-state index in [1.54, 1.807) is 13.2 Å². The highest BCUT2D eigenvalue weighted by molar-refractivity contribution is 5.95. The molecule has 0 bridgehead atoms. The molecule has 0 fully saturated rings. The summed E-state index contributed by atoms with van der Waals surface area (Å²) < 4.78 is 10.0. The van der Waals surface area contributed by atoms with Gasteiger partial charge in [0.25, 0.3) is 0 Å². The molecule has 0 radical (unpaired) electrons. The first-order valence-electron chi connectivity index (χ1n) is 6.29. The van der Waals surface area contributed by atoms with Crippen LogP contribution in [0, 0.1) is 0 Å². The number of rotatable bonds is 4. The lowest BCUT2D eigenvalue weighted by atomic mass is 10.2. The molecule has 0 amide bonds. The molecule has 0 atom stereocenters. The minimum Gasteiger partial charge on any atom is -0.495 e. The predicted molar refractivity (Wildman–Crippen MR) is 81.0 cm³/mol. The summed E-state index contributed by atoms with van der Waals surface area (Å²) >= 11 is 0. The molecule has 0 aliphatic heterocycles. The van der Waals surface area contributed by atoms with Crippen LogP contribution in [0.5, 0.6) is 5.75 Å². The van der Waals surface area contributed by atoms with E-state index in [2.05, 4.69) is 4.98 Å². The minimum absolute atomic E-state index is 0.277. The van der Waals surface area contributed by atoms with Crippen molar-refractivity contribution in [3.8, 4) is 5.75 Å². The summed E-state index contributed by atoms with van der Waals surface area (Å²) in [5.41, 5.74) is 7.14. The second-order valence-electron chi connectivity index (χ2n) is 4.35. The third kappa shape index (κ3) is 2.89. The topological polar surface area (TPSA) is 77.7 Å². The van der Waals surface area contributed by atoms with Crippen LogP contribution in [0.3, 0.4) is 0 Å². The Morgan fingerprint density at radius 3 is 2.67 bits per heavy atom. The predicted octanol–water partition coefficient (Wildman–Crippen LogP) is 2.23. The number of benzene rings is 1. The van der Waals surface area contributed by atoms with Gasteiger partial charge < -0.3 is 20.1 Å². The summed E-state index contributed by atoms with van der Waals surface area (Å²) in [5.74, 6) is 0.775. The van der Waals surface area contributed by atoms with Gasteiger partial charge in [0.2, 0.25) is 0 Å². The number of anilines is 3. The van der Waals surface area contributed by atoms with Gasteiger partial charge in [0, 0.05) is 7.05 Å². The van der Waals surface area contributed by atoms with E-state index < -0.39 is 5.97 Å². The molecule has 0 saturated heterocycles. The van der Waals surface area contributed by atoms with Crippen LogP contribution in [0.15, 0.2) is 36.5 Å². The van der Waals surface area contributed by atoms with Crippen molar-refractivity contribution in [2.45, 2.75) is 0 Å². The zero-order valence-electron chi connectivity index (χ0n) is 12.2. The van der Waals surface area contributed by atoms with Gasteiger partial charge in [0.15, 0.2) is 0 Å². The van der Waals surface area contributed by atoms with Crippen molar-refractivity contribution >= 4 is 23.2 Å². The summed E-state index contributed by atoms with van der Waals surface area (Å²) in [6, 6.07) is 9.12. The first kappa shape index (κ1) is 14.6. The van der Waals surface area contributed by atoms with Gasteiger partial charge in [-0.1, -0.05) is 12.1 Å². The number of hydrogen-bond donors (Lipinski definition) is 1. The van der Waals surface area contributed by atoms with Crippen LogP contribution in [0.1, 0.15) is 10.4 Å². The molecular weight excluding hydrogens is 270 g/mol. The lowest BCUT2D eigenvalue weighted by molar-refractivity contribution is 0.0602. The van der Waals surface area contributed by atoms with Gasteiger partial charge in [-0.2, -0.15) is 0 Å². The van der Waals surface area contributed by atoms with Crippen LogP contribution < -0.4 is 15.4 Å². The van der Waals surface area contributed by atoms with Gasteiger partial charge in [0.05, 0.1) is 37.4 Å². The average Bonchev–Trinajstić information content (AvgIpc) is 2.53. The third-order valence-electron chi connectivity index (χ3n) is 3.12. The van der Waals surface area contributed by atoms with Gasteiger partial charge in [0.1, 0.15) is 11.6 Å². The standard InChI is InChI=1S/C15H17N3O3/c1-18(12-6-4-5-7-13(12)20-2)14-8-10(15(19)21-3)11(16)9-17-14/h4-9H,16H2,1-3H3. The number of carbonyl (C=O) groups excluding carboxylic acids is 1. The summed E-state index contributed by atoms with van der Waals surface area (Å²) in [6.07, 6.45) is 1.44. The van der Waals surface area contributed by atoms with Gasteiger partial charge >= 0.3 is 5.97 Å². The van der Waals surface area contributed by atoms with Crippen LogP contribution in [0.2, 0.25) is 0 Å². The number of nitrogens with zero attached hydrogens (tertiary/aromatic N) is 2. The van der Waals surface area contributed by atoms with E-state index in [0.717, 1.165) is 5.69 Å². The number of ether oxygens (including phenoxy) is 2. The molecule has 6 heteroatoms. The fourth-order valence-corrected chi connectivity index (χ4v) is 1.96. The van der Waals surface area contributed by atoms with Crippen LogP contribution in [0.25, 0.3) is 0 Å². The van der Waals surface area contributed by atoms with Gasteiger partial charge in [-0.05, 0) is 18.2 Å². The van der Waals surface area contributed by atoms with E-state index in [1.165, 1.54) is 13.3 Å². The molecule has 0 spiro atoms. The van der Waals surface area contributed by atoms with Gasteiger partial charge in [-0.25, -0.2) is 9.78 Å². The Balaban J connectivity index is 2.44. The van der Waals surface area contributed by atoms with Crippen molar-refractivity contribution in [2.75, 3.05) is 31.9 Å². The first-order valence-corrected chi connectivity index (χ1v) is 6.29. The quantitative estimate of drug-likeness (QED) is 0.869. The van der Waals surface area contributed by atoms with E-state index in [0.29, 0.717) is 11.6 Å². The Labute approximate surface area is 123 Å². The van der Waals surface area contributed by atoms with Crippen molar-refractivity contribution in [1.29, 1.82) is 0 Å². The highest BCUT2D eigenvalue weighted by Gasteiger charge is 2.16. The van der Waals surface area contributed by atoms with E-state index in [4.69, 9.17) is 15.2 Å². The van der Waals surface area contributed by atoms with Crippen molar-refractivity contribution in [3.63, 3.8) is 0 Å². The van der Waals surface area contributed by atoms with E-state index in [1.807, 2.05) is 36.2 Å². The maximum Gasteiger partial charge on any atom is 0.340 e. The van der Waals surface area contributed by atoms with Crippen molar-refractivity contribution < 1.29 is 14.3 Å². The minimum atomic E-state index is -0.496. The SMILES string of the molecule is COC(=O)c1cc(N(C)c2ccccc2OC)ncc1N. The first-order chi connectivity index (χ1) is 10.1. The van der Waals surface area contributed by atoms with Crippen LogP contribution in [-0.4, -0.2) is 32.2 Å². The maximum absolute atomic E-state index is 11.7. The molecule has 0 unspecified atom stereocenters. The van der Waals surface area contributed by atoms with Crippen LogP contribution in [0.4, 0.5) is 17.2 Å². The second kappa shape index (κ2) is 6.13. The number of methoxy groups -OCH3 is 2. The molecule has 6 nitrogen and oxygen atoms in total. The fraction of sp³-hybridized carbons (Fsp3) is 0.200. The van der Waals surface area contributed by atoms with Crippen LogP contribution in [-0.2, 0) is 4.74 Å². The Morgan fingerprint density at radius 1 is 1.29 bits per heavy atom. The van der Waals surface area contributed by atoms with Crippen molar-refractivity contribution in [2.24, 2.45) is 0 Å². The number of esters is 1. The lowest BCUT2D eigenvalue weighted by Crippen LogP contribution is -2.14. The number of carbonyl (C=O) groups is 1. The summed E-state index contributed by atoms with van der Waals surface area (Å²) in [4.78, 5) is 17.8. The van der Waals surface area contributed by atoms with E-state index in [9.17, 15) is 4.79 Å². The molecule has 0 saturated carbocycles. The number of aromatic nitrogens is 1. The molecule has 1 aromatic carbocycles. The van der Waals surface area contributed by atoms with Gasteiger partial charge in [-0.3, -0.25) is 0 Å². The highest BCUT2D eigenvalue weighted by Crippen LogP contribution is 2.32. The summed E-state index contributed by atoms with van der Waals surface area (Å²) in [6.45, 7) is 0. The number of nitrogen functional groups attached to an aromatic ring is 1. The smallest absolute Gasteiger partial charge is 0.340 e. The zero-order chi connectivity index (χ0) is 15.4. The number of nitrogens with two attached hydrogens (primary N) is 1. The molecular formula is C15H17N3O3. The largest absolute Gasteiger partial charge is 0.495 e. The third-order valence-corrected chi connectivity index (χ3v) is 3.12. The molecule has 2 rings (SSSR count). The van der Waals surface area contributed by atoms with Gasteiger partial charge in [-0.15, -0.1) is 0 Å². The molecule has 1 heterocycles. The zero-order valence-corrected chi connectivity index (χ0v) is 12.2. The normalized spacial score (nSPS) is 10.0. The number of pyridine rings is 1.